The zero-order valence-electron chi connectivity index (χ0n) is 24.5. The van der Waals surface area contributed by atoms with Crippen LogP contribution in [0.1, 0.15) is 32.3 Å². The van der Waals surface area contributed by atoms with Crippen LogP contribution in [0.25, 0.3) is 0 Å². The van der Waals surface area contributed by atoms with E-state index >= 15 is 0 Å². The van der Waals surface area contributed by atoms with E-state index in [1.54, 1.807) is 33.1 Å². The van der Waals surface area contributed by atoms with Crippen molar-refractivity contribution in [1.82, 2.24) is 19.8 Å². The number of ether oxygens (including phenoxy) is 2. The van der Waals surface area contributed by atoms with Gasteiger partial charge in [0.15, 0.2) is 21.4 Å². The highest BCUT2D eigenvalue weighted by Gasteiger charge is 2.24. The molecule has 13 heteroatoms. The van der Waals surface area contributed by atoms with E-state index in [0.717, 1.165) is 44.2 Å². The first-order valence-corrected chi connectivity index (χ1v) is 15.3. The van der Waals surface area contributed by atoms with Crippen LogP contribution in [-0.4, -0.2) is 80.4 Å². The molecule has 1 aliphatic rings. The largest absolute Gasteiger partial charge is 0.495 e. The molecule has 228 valence electrons. The molecule has 1 saturated heterocycles. The normalized spacial score (nSPS) is 14.9. The second kappa shape index (κ2) is 13.6. The minimum absolute atomic E-state index is 0.0133. The van der Waals surface area contributed by atoms with Crippen LogP contribution >= 0.6 is 0 Å². The Morgan fingerprint density at radius 1 is 1.05 bits per heavy atom. The maximum atomic E-state index is 13.2. The van der Waals surface area contributed by atoms with Crippen molar-refractivity contribution >= 4 is 33.0 Å². The summed E-state index contributed by atoms with van der Waals surface area (Å²) in [5, 5.41) is 5.24. The van der Waals surface area contributed by atoms with Crippen LogP contribution in [-0.2, 0) is 16.4 Å². The molecule has 0 bridgehead atoms. The third-order valence-electron chi connectivity index (χ3n) is 7.24. The molecule has 0 unspecified atom stereocenters. The summed E-state index contributed by atoms with van der Waals surface area (Å²) in [6, 6.07) is 12.6. The Hall–Kier alpha value is -3.55. The molecular formula is C29H38F2N6O4S. The summed E-state index contributed by atoms with van der Waals surface area (Å²) in [4.78, 5) is 13.2. The topological polar surface area (TPSA) is 109 Å². The molecule has 0 saturated carbocycles. The zero-order chi connectivity index (χ0) is 30.4. The molecule has 0 radical (unpaired) electrons. The number of nitrogens with one attached hydrogen (secondary N) is 2. The maximum Gasteiger partial charge on any atom is 0.387 e. The average molecular weight is 605 g/mol. The lowest BCUT2D eigenvalue weighted by atomic mass is 10.0. The van der Waals surface area contributed by atoms with Gasteiger partial charge in [0.25, 0.3) is 0 Å². The number of hydrogen-bond donors (Lipinski definition) is 2. The lowest BCUT2D eigenvalue weighted by Gasteiger charge is -2.35. The number of para-hydroxylation sites is 1. The van der Waals surface area contributed by atoms with Crippen LogP contribution in [0.15, 0.2) is 53.6 Å². The van der Waals surface area contributed by atoms with E-state index in [1.807, 2.05) is 18.2 Å². The summed E-state index contributed by atoms with van der Waals surface area (Å²) in [6.45, 7) is 2.82. The number of hydrogen-bond acceptors (Lipinski definition) is 10. The summed E-state index contributed by atoms with van der Waals surface area (Å²) >= 11 is 0. The summed E-state index contributed by atoms with van der Waals surface area (Å²) in [6.07, 6.45) is 3.34. The van der Waals surface area contributed by atoms with Gasteiger partial charge in [0.05, 0.1) is 34.8 Å². The molecule has 2 heterocycles. The van der Waals surface area contributed by atoms with Crippen molar-refractivity contribution in [3.63, 3.8) is 0 Å². The molecule has 0 aliphatic carbocycles. The molecule has 0 amide bonds. The molecule has 2 N–H and O–H groups in total. The van der Waals surface area contributed by atoms with Gasteiger partial charge in [-0.05, 0) is 83.7 Å². The van der Waals surface area contributed by atoms with Crippen LogP contribution in [0.5, 0.6) is 11.5 Å². The fourth-order valence-corrected chi connectivity index (χ4v) is 6.01. The Bertz CT molecular complexity index is 1460. The van der Waals surface area contributed by atoms with E-state index in [9.17, 15) is 17.2 Å². The number of nitrogens with zero attached hydrogens (tertiary/aromatic N) is 4. The lowest BCUT2D eigenvalue weighted by molar-refractivity contribution is -0.0497. The Kier molecular flexibility index (Phi) is 10.2. The number of likely N-dealkylation sites (tertiary alicyclic amines) is 1. The van der Waals surface area contributed by atoms with Gasteiger partial charge in [-0.3, -0.25) is 4.90 Å². The number of benzene rings is 2. The molecule has 42 heavy (non-hydrogen) atoms. The first kappa shape index (κ1) is 31.4. The number of methoxy groups -OCH3 is 1. The van der Waals surface area contributed by atoms with E-state index in [0.29, 0.717) is 17.5 Å². The Balaban J connectivity index is 1.57. The highest BCUT2D eigenvalue weighted by atomic mass is 32.2. The second-order valence-corrected chi connectivity index (χ2v) is 13.1. The van der Waals surface area contributed by atoms with E-state index in [1.165, 1.54) is 12.1 Å². The number of aromatic nitrogens is 2. The number of alkyl halides is 2. The highest BCUT2D eigenvalue weighted by Crippen LogP contribution is 2.34. The molecule has 10 nitrogen and oxygen atoms in total. The molecule has 1 aliphatic heterocycles. The molecule has 1 fully saturated rings. The van der Waals surface area contributed by atoms with Gasteiger partial charge in [-0.25, -0.2) is 13.4 Å². The molecule has 4 rings (SSSR count). The third-order valence-corrected chi connectivity index (χ3v) is 9.45. The first-order chi connectivity index (χ1) is 20.0. The Morgan fingerprint density at radius 2 is 1.76 bits per heavy atom. The van der Waals surface area contributed by atoms with Crippen LogP contribution in [0.4, 0.5) is 31.9 Å². The summed E-state index contributed by atoms with van der Waals surface area (Å²) < 4.78 is 62.5. The number of piperidine rings is 1. The standard InChI is InChI=1S/C29H38F2N6O4S/c1-19(2)42(38,39)26-9-7-6-8-23(26)33-27-25(41-28(30)31)17-32-29(35-27)34-22-11-10-20(16-24(22)40-5)18-37-14-12-21(13-15-37)36(3)4/h6-11,16-17,19,21,28H,12-15,18H2,1-5H3,(H2,32,33,34,35). The van der Waals surface area contributed by atoms with Gasteiger partial charge in [0, 0.05) is 12.6 Å². The smallest absolute Gasteiger partial charge is 0.387 e. The van der Waals surface area contributed by atoms with E-state index in [4.69, 9.17) is 4.74 Å². The van der Waals surface area contributed by atoms with Crippen LogP contribution < -0.4 is 20.1 Å². The van der Waals surface area contributed by atoms with E-state index in [2.05, 4.69) is 49.2 Å². The average Bonchev–Trinajstić information content (AvgIpc) is 2.95. The predicted octanol–water partition coefficient (Wildman–Crippen LogP) is 5.28. The van der Waals surface area contributed by atoms with Gasteiger partial charge in [0.1, 0.15) is 5.75 Å². The predicted molar refractivity (Wildman–Crippen MR) is 159 cm³/mol. The van der Waals surface area contributed by atoms with E-state index in [-0.39, 0.29) is 28.1 Å². The Morgan fingerprint density at radius 3 is 2.40 bits per heavy atom. The zero-order valence-corrected chi connectivity index (χ0v) is 25.3. The van der Waals surface area contributed by atoms with Crippen molar-refractivity contribution in [2.24, 2.45) is 0 Å². The Labute approximate surface area is 246 Å². The van der Waals surface area contributed by atoms with Crippen LogP contribution in [0.3, 0.4) is 0 Å². The number of rotatable bonds is 12. The summed E-state index contributed by atoms with van der Waals surface area (Å²) in [5.41, 5.74) is 1.84. The van der Waals surface area contributed by atoms with Crippen molar-refractivity contribution in [2.45, 2.75) is 56.0 Å². The quantitative estimate of drug-likeness (QED) is 0.283. The fraction of sp³-hybridized carbons (Fsp3) is 0.448. The lowest BCUT2D eigenvalue weighted by Crippen LogP contribution is -2.41. The van der Waals surface area contributed by atoms with Gasteiger partial charge in [-0.15, -0.1) is 0 Å². The monoisotopic (exact) mass is 604 g/mol. The van der Waals surface area contributed by atoms with E-state index < -0.39 is 21.7 Å². The maximum absolute atomic E-state index is 13.2. The molecule has 3 aromatic rings. The number of sulfone groups is 1. The molecular weight excluding hydrogens is 566 g/mol. The van der Waals surface area contributed by atoms with Crippen molar-refractivity contribution in [1.29, 1.82) is 0 Å². The first-order valence-electron chi connectivity index (χ1n) is 13.7. The minimum atomic E-state index is -3.69. The molecule has 1 aromatic heterocycles. The van der Waals surface area contributed by atoms with Crippen molar-refractivity contribution in [3.05, 3.63) is 54.2 Å². The third kappa shape index (κ3) is 7.64. The van der Waals surface area contributed by atoms with Crippen LogP contribution in [0, 0.1) is 0 Å². The molecule has 2 aromatic carbocycles. The van der Waals surface area contributed by atoms with Gasteiger partial charge in [0.2, 0.25) is 5.95 Å². The highest BCUT2D eigenvalue weighted by molar-refractivity contribution is 7.92. The number of halogens is 2. The van der Waals surface area contributed by atoms with Crippen LogP contribution in [0.2, 0.25) is 0 Å². The second-order valence-electron chi connectivity index (χ2n) is 10.6. The van der Waals surface area contributed by atoms with Gasteiger partial charge in [-0.1, -0.05) is 18.2 Å². The number of anilines is 4. The molecule has 0 atom stereocenters. The summed E-state index contributed by atoms with van der Waals surface area (Å²) in [7, 11) is 2.12. The SMILES string of the molecule is COc1cc(CN2CCC(N(C)C)CC2)ccc1Nc1ncc(OC(F)F)c(Nc2ccccc2S(=O)(=O)C(C)C)n1. The van der Waals surface area contributed by atoms with Crippen molar-refractivity contribution in [3.8, 4) is 11.5 Å². The van der Waals surface area contributed by atoms with Gasteiger partial charge < -0.3 is 25.0 Å². The van der Waals surface area contributed by atoms with Gasteiger partial charge in [-0.2, -0.15) is 13.8 Å². The van der Waals surface area contributed by atoms with Gasteiger partial charge >= 0.3 is 6.61 Å². The minimum Gasteiger partial charge on any atom is -0.495 e. The summed E-state index contributed by atoms with van der Waals surface area (Å²) in [5.74, 6) is 0.166. The molecule has 0 spiro atoms. The van der Waals surface area contributed by atoms with Crippen molar-refractivity contribution in [2.75, 3.05) is 44.9 Å². The van der Waals surface area contributed by atoms with Crippen molar-refractivity contribution < 1.29 is 26.7 Å². The fourth-order valence-electron chi connectivity index (χ4n) is 4.81.